The molecule has 15 nitrogen and oxygen atoms in total. The molecular weight excluding hydrogens is 1000 g/mol. The average Bonchev–Trinajstić information content (AvgIpc) is 4.27. The van der Waals surface area contributed by atoms with Crippen LogP contribution in [0.5, 0.6) is 0 Å². The minimum Gasteiger partial charge on any atom is -0.461 e. The number of carbonyl (C=O) groups is 7. The van der Waals surface area contributed by atoms with Gasteiger partial charge in [0.2, 0.25) is 0 Å². The number of esters is 5. The number of fused-ring (bicyclic) bond motifs is 4. The first-order valence-corrected chi connectivity index (χ1v) is 31.2. The Kier molecular flexibility index (Phi) is 28.1. The number of nitrogens with zero attached hydrogens (tertiary/aromatic N) is 2. The van der Waals surface area contributed by atoms with Crippen molar-refractivity contribution < 1.29 is 62.0 Å². The van der Waals surface area contributed by atoms with Gasteiger partial charge < -0.3 is 43.0 Å². The van der Waals surface area contributed by atoms with Crippen LogP contribution in [0.15, 0.2) is 0 Å². The standard InChI is InChI=1S/C50H82N2O11.C10H16O.CH2OS/c1-51(2)21-12-24-52(22-10-19-46(53)62-44(31-58-3)32-59-48(55)41-25-35-13-4-5-14-36(35)26-41)23-11-20-47(54)63-45(33-60-49(56)42-27-37-15-6-7-16-38(37)28-42)34-61-50(57)43-29-39-17-8-9-18-40(39)30-43;11-7-8-5-9-3-1-2-4-10(9)6-8;2-1-3/h35-45H,4-34H2,1-3H3;7-10H,1-6H2;1H,(H,2,3). The summed E-state index contributed by atoms with van der Waals surface area (Å²) in [5.74, 6) is 4.16. The van der Waals surface area contributed by atoms with Gasteiger partial charge in [0.05, 0.1) is 24.4 Å². The summed E-state index contributed by atoms with van der Waals surface area (Å²) in [6.45, 7) is 2.87. The van der Waals surface area contributed by atoms with Gasteiger partial charge in [0.25, 0.3) is 0 Å². The minimum atomic E-state index is -0.864. The van der Waals surface area contributed by atoms with Crippen molar-refractivity contribution >= 4 is 54.4 Å². The van der Waals surface area contributed by atoms with E-state index in [2.05, 4.69) is 22.4 Å². The Morgan fingerprint density at radius 2 is 0.766 bits per heavy atom. The number of rotatable bonds is 26. The van der Waals surface area contributed by atoms with E-state index in [-0.39, 0.29) is 80.9 Å². The third-order valence-electron chi connectivity index (χ3n) is 19.2. The van der Waals surface area contributed by atoms with Crippen LogP contribution in [0.3, 0.4) is 0 Å². The van der Waals surface area contributed by atoms with Crippen molar-refractivity contribution in [2.75, 3.05) is 73.8 Å². The fourth-order valence-corrected chi connectivity index (χ4v) is 15.3. The van der Waals surface area contributed by atoms with Gasteiger partial charge in [-0.25, -0.2) is 0 Å². The van der Waals surface area contributed by atoms with Gasteiger partial charge in [-0.2, -0.15) is 0 Å². The number of thiol groups is 1. The quantitative estimate of drug-likeness (QED) is 0.0374. The van der Waals surface area contributed by atoms with Crippen LogP contribution in [0.25, 0.3) is 0 Å². The molecule has 0 aliphatic heterocycles. The third-order valence-corrected chi connectivity index (χ3v) is 19.2. The lowest BCUT2D eigenvalue weighted by molar-refractivity contribution is -0.169. The van der Waals surface area contributed by atoms with Gasteiger partial charge in [0.1, 0.15) is 26.1 Å². The van der Waals surface area contributed by atoms with Gasteiger partial charge in [-0.3, -0.25) is 28.8 Å². The van der Waals surface area contributed by atoms with E-state index in [0.717, 1.165) is 69.9 Å². The Morgan fingerprint density at radius 3 is 1.06 bits per heavy atom. The second-order valence-electron chi connectivity index (χ2n) is 25.0. The van der Waals surface area contributed by atoms with E-state index in [1.807, 2.05) is 14.1 Å². The summed E-state index contributed by atoms with van der Waals surface area (Å²) in [7, 11) is 5.61. The van der Waals surface area contributed by atoms with Gasteiger partial charge in [0, 0.05) is 25.9 Å². The van der Waals surface area contributed by atoms with Crippen molar-refractivity contribution in [1.29, 1.82) is 0 Å². The summed E-state index contributed by atoms with van der Waals surface area (Å²) in [6, 6.07) is 0. The zero-order chi connectivity index (χ0) is 54.9. The molecule has 0 N–H and O–H groups in total. The van der Waals surface area contributed by atoms with Crippen LogP contribution < -0.4 is 0 Å². The number of aldehydes is 1. The molecule has 8 rings (SSSR count). The molecule has 0 bridgehead atoms. The molecule has 16 heteroatoms. The monoisotopic (exact) mass is 1100 g/mol. The molecule has 0 aromatic rings. The molecule has 0 radical (unpaired) electrons. The molecule has 9 unspecified atom stereocenters. The van der Waals surface area contributed by atoms with Crippen molar-refractivity contribution in [3.63, 3.8) is 0 Å². The molecule has 8 aliphatic carbocycles. The van der Waals surface area contributed by atoms with Crippen molar-refractivity contribution in [2.45, 2.75) is 198 Å². The smallest absolute Gasteiger partial charge is 0.309 e. The highest BCUT2D eigenvalue weighted by Crippen LogP contribution is 2.48. The predicted octanol–water partition coefficient (Wildman–Crippen LogP) is 10.1. The van der Waals surface area contributed by atoms with Crippen LogP contribution in [-0.2, 0) is 62.0 Å². The number of hydrogen-bond donors (Lipinski definition) is 1. The van der Waals surface area contributed by atoms with Crippen LogP contribution in [0, 0.1) is 71.0 Å². The van der Waals surface area contributed by atoms with Crippen LogP contribution in [-0.4, -0.2) is 138 Å². The lowest BCUT2D eigenvalue weighted by Crippen LogP contribution is -2.33. The molecule has 0 saturated heterocycles. The van der Waals surface area contributed by atoms with E-state index in [4.69, 9.17) is 33.2 Å². The summed E-state index contributed by atoms with van der Waals surface area (Å²) in [5.41, 5.74) is 0.444. The van der Waals surface area contributed by atoms with Crippen LogP contribution in [0.1, 0.15) is 186 Å². The number of carbonyl (C=O) groups excluding carboxylic acids is 7. The Bertz CT molecular complexity index is 1720. The van der Waals surface area contributed by atoms with Crippen molar-refractivity contribution in [2.24, 2.45) is 71.0 Å². The molecule has 0 aromatic heterocycles. The van der Waals surface area contributed by atoms with Crippen molar-refractivity contribution in [3.05, 3.63) is 0 Å². The Morgan fingerprint density at radius 1 is 0.468 bits per heavy atom. The van der Waals surface area contributed by atoms with Gasteiger partial charge in [-0.05, 0) is 158 Å². The summed E-state index contributed by atoms with van der Waals surface area (Å²) in [5, 5.41) is 0. The van der Waals surface area contributed by atoms with Gasteiger partial charge in [-0.15, -0.1) is 12.6 Å². The lowest BCUT2D eigenvalue weighted by atomic mass is 9.82. The molecule has 8 fully saturated rings. The van der Waals surface area contributed by atoms with E-state index < -0.39 is 18.2 Å². The first-order valence-electron chi connectivity index (χ1n) is 30.6. The summed E-state index contributed by atoms with van der Waals surface area (Å²) in [6.07, 6.45) is 29.9. The average molecular weight is 1100 g/mol. The zero-order valence-corrected chi connectivity index (χ0v) is 48.4. The van der Waals surface area contributed by atoms with Gasteiger partial charge in [-0.1, -0.05) is 103 Å². The van der Waals surface area contributed by atoms with Gasteiger partial charge >= 0.3 is 29.8 Å². The molecule has 0 spiro atoms. The van der Waals surface area contributed by atoms with E-state index in [1.165, 1.54) is 122 Å². The molecule has 438 valence electrons. The fourth-order valence-electron chi connectivity index (χ4n) is 15.3. The molecule has 0 heterocycles. The Balaban J connectivity index is 0.000000593. The SMILES string of the molecule is COCC(COC(=O)C1CC2CCCCC2C1)OC(=O)CCCN(CCCC(=O)OC(COC(=O)C1CC2CCCCC2C1)COC(=O)C1CC2CCCCC2C1)CCCN(C)C.O=CC1CC2CCCCC2C1.O=CS. The zero-order valence-electron chi connectivity index (χ0n) is 47.5. The molecule has 9 atom stereocenters. The normalized spacial score (nSPS) is 30.8. The maximum absolute atomic E-state index is 13.3. The first-order chi connectivity index (χ1) is 37.3. The molecule has 77 heavy (non-hydrogen) atoms. The van der Waals surface area contributed by atoms with E-state index in [1.54, 1.807) is 7.11 Å². The van der Waals surface area contributed by atoms with Crippen LogP contribution >= 0.6 is 12.6 Å². The maximum Gasteiger partial charge on any atom is 0.309 e. The number of methoxy groups -OCH3 is 1. The van der Waals surface area contributed by atoms with Gasteiger partial charge in [0.15, 0.2) is 17.8 Å². The molecule has 0 amide bonds. The van der Waals surface area contributed by atoms with Crippen molar-refractivity contribution in [1.82, 2.24) is 9.80 Å². The van der Waals surface area contributed by atoms with E-state index in [0.29, 0.717) is 73.0 Å². The fraction of sp³-hybridized carbons (Fsp3) is 0.885. The lowest BCUT2D eigenvalue weighted by Gasteiger charge is -2.24. The highest BCUT2D eigenvalue weighted by atomic mass is 32.1. The first kappa shape index (κ1) is 63.1. The van der Waals surface area contributed by atoms with E-state index >= 15 is 0 Å². The molecule has 8 saturated carbocycles. The Labute approximate surface area is 467 Å². The van der Waals surface area contributed by atoms with Crippen molar-refractivity contribution in [3.8, 4) is 0 Å². The minimum absolute atomic E-state index is 0.00849. The molecule has 0 aromatic carbocycles. The summed E-state index contributed by atoms with van der Waals surface area (Å²) < 4.78 is 34.2. The predicted molar refractivity (Wildman–Crippen MR) is 297 cm³/mol. The Hall–Kier alpha value is -3.08. The number of ether oxygens (including phenoxy) is 6. The topological polar surface area (TPSA) is 181 Å². The third kappa shape index (κ3) is 21.4. The maximum atomic E-state index is 13.3. The van der Waals surface area contributed by atoms with Crippen LogP contribution in [0.2, 0.25) is 0 Å². The second-order valence-corrected chi connectivity index (χ2v) is 25.2. The summed E-state index contributed by atoms with van der Waals surface area (Å²) in [4.78, 5) is 89.4. The highest BCUT2D eigenvalue weighted by Gasteiger charge is 2.43. The molecule has 8 aliphatic rings. The summed E-state index contributed by atoms with van der Waals surface area (Å²) >= 11 is 3.11. The highest BCUT2D eigenvalue weighted by molar-refractivity contribution is 7.94. The largest absolute Gasteiger partial charge is 0.461 e. The van der Waals surface area contributed by atoms with Crippen LogP contribution in [0.4, 0.5) is 0 Å². The molecular formula is C61H100N2O13S. The van der Waals surface area contributed by atoms with E-state index in [9.17, 15) is 28.8 Å². The number of hydrogen-bond acceptors (Lipinski definition) is 15. The second kappa shape index (κ2) is 34.3.